The Labute approximate surface area is 160 Å². The molecule has 26 heavy (non-hydrogen) atoms. The molecule has 0 heterocycles. The van der Waals surface area contributed by atoms with Crippen molar-refractivity contribution in [3.8, 4) is 0 Å². The van der Waals surface area contributed by atoms with Crippen molar-refractivity contribution in [1.82, 2.24) is 0 Å². The Hall–Kier alpha value is -1.70. The topological polar surface area (TPSA) is 18.5 Å². The van der Waals surface area contributed by atoms with Gasteiger partial charge in [-0.05, 0) is 55.4 Å². The van der Waals surface area contributed by atoms with Crippen molar-refractivity contribution in [2.75, 3.05) is 0 Å². The summed E-state index contributed by atoms with van der Waals surface area (Å²) in [6.07, 6.45) is 16.7. The molecule has 0 aromatic rings. The predicted octanol–water partition coefficient (Wildman–Crippen LogP) is 7.57. The lowest BCUT2D eigenvalue weighted by molar-refractivity contribution is 0.182. The third-order valence-electron chi connectivity index (χ3n) is 5.74. The van der Waals surface area contributed by atoms with Gasteiger partial charge in [0.1, 0.15) is 17.3 Å². The van der Waals surface area contributed by atoms with Crippen molar-refractivity contribution in [2.24, 2.45) is 11.3 Å². The molecule has 0 bridgehead atoms. The first-order valence-electron chi connectivity index (χ1n) is 10.2. The van der Waals surface area contributed by atoms with Gasteiger partial charge in [0.2, 0.25) is 0 Å². The highest BCUT2D eigenvalue weighted by Crippen LogP contribution is 2.40. The van der Waals surface area contributed by atoms with E-state index in [-0.39, 0.29) is 0 Å². The van der Waals surface area contributed by atoms with E-state index in [0.717, 1.165) is 55.1 Å². The number of rotatable bonds is 7. The zero-order valence-corrected chi connectivity index (χ0v) is 17.5. The molecular weight excluding hydrogens is 320 g/mol. The first-order valence-corrected chi connectivity index (χ1v) is 10.2. The molecule has 0 saturated carbocycles. The van der Waals surface area contributed by atoms with E-state index in [4.69, 9.17) is 9.47 Å². The second kappa shape index (κ2) is 9.30. The highest BCUT2D eigenvalue weighted by Gasteiger charge is 2.29. The van der Waals surface area contributed by atoms with Crippen LogP contribution in [0.1, 0.15) is 80.1 Å². The van der Waals surface area contributed by atoms with Gasteiger partial charge in [0.15, 0.2) is 0 Å². The third-order valence-corrected chi connectivity index (χ3v) is 5.74. The molecule has 144 valence electrons. The van der Waals surface area contributed by atoms with Gasteiger partial charge in [0.05, 0.1) is 5.76 Å². The summed E-state index contributed by atoms with van der Waals surface area (Å²) in [5, 5.41) is 0. The SMILES string of the molecule is CC/C(C)=C\C=C(/CC)OC1=CC=C(OC2=CC(C)C(C)(C)CC2)CC1. The molecule has 0 aliphatic heterocycles. The third kappa shape index (κ3) is 5.93. The predicted molar refractivity (Wildman–Crippen MR) is 110 cm³/mol. The van der Waals surface area contributed by atoms with Crippen molar-refractivity contribution in [3.05, 3.63) is 59.0 Å². The average molecular weight is 357 g/mol. The maximum atomic E-state index is 6.17. The monoisotopic (exact) mass is 356 g/mol. The first-order chi connectivity index (χ1) is 12.3. The summed E-state index contributed by atoms with van der Waals surface area (Å²) in [6.45, 7) is 13.4. The second-order valence-corrected chi connectivity index (χ2v) is 8.23. The lowest BCUT2D eigenvalue weighted by Crippen LogP contribution is -2.24. The minimum atomic E-state index is 0.377. The summed E-state index contributed by atoms with van der Waals surface area (Å²) in [5.74, 6) is 4.80. The lowest BCUT2D eigenvalue weighted by Gasteiger charge is -2.35. The Morgan fingerprint density at radius 3 is 2.31 bits per heavy atom. The van der Waals surface area contributed by atoms with Crippen LogP contribution in [0.3, 0.4) is 0 Å². The number of ether oxygens (including phenoxy) is 2. The van der Waals surface area contributed by atoms with Crippen molar-refractivity contribution in [2.45, 2.75) is 80.1 Å². The molecule has 2 aliphatic rings. The minimum absolute atomic E-state index is 0.377. The Morgan fingerprint density at radius 1 is 1.04 bits per heavy atom. The van der Waals surface area contributed by atoms with E-state index in [1.807, 2.05) is 0 Å². The van der Waals surface area contributed by atoms with Crippen molar-refractivity contribution in [3.63, 3.8) is 0 Å². The molecule has 2 nitrogen and oxygen atoms in total. The molecular formula is C24H36O2. The van der Waals surface area contributed by atoms with Crippen LogP contribution in [0, 0.1) is 11.3 Å². The van der Waals surface area contributed by atoms with Crippen LogP contribution in [0.4, 0.5) is 0 Å². The van der Waals surface area contributed by atoms with Crippen LogP contribution in [0.15, 0.2) is 59.0 Å². The maximum absolute atomic E-state index is 6.17. The Morgan fingerprint density at radius 2 is 1.73 bits per heavy atom. The van der Waals surface area contributed by atoms with E-state index in [2.05, 4.69) is 71.9 Å². The Bertz CT molecular complexity index is 641. The molecule has 2 aliphatic carbocycles. The highest BCUT2D eigenvalue weighted by molar-refractivity contribution is 5.22. The summed E-state index contributed by atoms with van der Waals surface area (Å²) in [4.78, 5) is 0. The van der Waals surface area contributed by atoms with Gasteiger partial charge in [0, 0.05) is 25.7 Å². The Kier molecular flexibility index (Phi) is 7.37. The van der Waals surface area contributed by atoms with Crippen LogP contribution in [-0.4, -0.2) is 0 Å². The van der Waals surface area contributed by atoms with Gasteiger partial charge in [-0.25, -0.2) is 0 Å². The molecule has 0 aromatic heterocycles. The summed E-state index contributed by atoms with van der Waals surface area (Å²) in [7, 11) is 0. The van der Waals surface area contributed by atoms with Crippen molar-refractivity contribution in [1.29, 1.82) is 0 Å². The summed E-state index contributed by atoms with van der Waals surface area (Å²) >= 11 is 0. The molecule has 2 rings (SSSR count). The standard InChI is InChI=1S/C24H36O2/c1-7-18(3)9-10-20(8-2)25-21-11-13-22(14-12-21)26-23-15-16-24(5,6)19(4)17-23/h9-11,13,17,19H,7-8,12,14-16H2,1-6H3/b18-9-,20-10+. The van der Waals surface area contributed by atoms with Gasteiger partial charge in [-0.15, -0.1) is 0 Å². The number of hydrogen-bond donors (Lipinski definition) is 0. The van der Waals surface area contributed by atoms with Crippen LogP contribution in [-0.2, 0) is 9.47 Å². The minimum Gasteiger partial charge on any atom is -0.466 e. The van der Waals surface area contributed by atoms with E-state index >= 15 is 0 Å². The van der Waals surface area contributed by atoms with Gasteiger partial charge in [-0.3, -0.25) is 0 Å². The molecule has 0 fully saturated rings. The van der Waals surface area contributed by atoms with Crippen LogP contribution < -0.4 is 0 Å². The molecule has 0 N–H and O–H groups in total. The van der Waals surface area contributed by atoms with E-state index in [1.54, 1.807) is 0 Å². The second-order valence-electron chi connectivity index (χ2n) is 8.23. The molecule has 0 spiro atoms. The van der Waals surface area contributed by atoms with E-state index in [1.165, 1.54) is 12.0 Å². The van der Waals surface area contributed by atoms with Gasteiger partial charge in [-0.1, -0.05) is 46.3 Å². The molecule has 0 amide bonds. The zero-order chi connectivity index (χ0) is 19.2. The fraction of sp³-hybridized carbons (Fsp3) is 0.583. The Balaban J connectivity index is 1.96. The molecule has 0 saturated heterocycles. The molecule has 2 heteroatoms. The first kappa shape index (κ1) is 20.6. The van der Waals surface area contributed by atoms with Crippen LogP contribution in [0.5, 0.6) is 0 Å². The zero-order valence-electron chi connectivity index (χ0n) is 17.5. The summed E-state index contributed by atoms with van der Waals surface area (Å²) in [6, 6.07) is 0. The number of allylic oxidation sites excluding steroid dienone is 10. The fourth-order valence-corrected chi connectivity index (χ4v) is 3.03. The molecule has 0 aromatic carbocycles. The van der Waals surface area contributed by atoms with Gasteiger partial charge < -0.3 is 9.47 Å². The quantitative estimate of drug-likeness (QED) is 0.346. The largest absolute Gasteiger partial charge is 0.466 e. The van der Waals surface area contributed by atoms with Crippen LogP contribution >= 0.6 is 0 Å². The molecule has 1 unspecified atom stereocenters. The van der Waals surface area contributed by atoms with E-state index in [0.29, 0.717) is 11.3 Å². The molecule has 1 atom stereocenters. The molecule has 0 radical (unpaired) electrons. The summed E-state index contributed by atoms with van der Waals surface area (Å²) in [5.41, 5.74) is 1.74. The highest BCUT2D eigenvalue weighted by atomic mass is 16.5. The smallest absolute Gasteiger partial charge is 0.104 e. The summed E-state index contributed by atoms with van der Waals surface area (Å²) < 4.78 is 12.2. The number of hydrogen-bond acceptors (Lipinski definition) is 2. The van der Waals surface area contributed by atoms with E-state index < -0.39 is 0 Å². The maximum Gasteiger partial charge on any atom is 0.104 e. The van der Waals surface area contributed by atoms with Crippen LogP contribution in [0.2, 0.25) is 0 Å². The van der Waals surface area contributed by atoms with Crippen LogP contribution in [0.25, 0.3) is 0 Å². The van der Waals surface area contributed by atoms with Gasteiger partial charge in [-0.2, -0.15) is 0 Å². The average Bonchev–Trinajstić information content (AvgIpc) is 2.63. The lowest BCUT2D eigenvalue weighted by atomic mass is 9.73. The van der Waals surface area contributed by atoms with Crippen molar-refractivity contribution >= 4 is 0 Å². The van der Waals surface area contributed by atoms with Gasteiger partial charge in [0.25, 0.3) is 0 Å². The van der Waals surface area contributed by atoms with Gasteiger partial charge >= 0.3 is 0 Å². The van der Waals surface area contributed by atoms with Crippen molar-refractivity contribution < 1.29 is 9.47 Å². The fourth-order valence-electron chi connectivity index (χ4n) is 3.03. The van der Waals surface area contributed by atoms with E-state index in [9.17, 15) is 0 Å². The normalized spacial score (nSPS) is 23.8.